The minimum atomic E-state index is -0.117. The average Bonchev–Trinajstić information content (AvgIpc) is 3.03. The van der Waals surface area contributed by atoms with E-state index in [9.17, 15) is 4.79 Å². The van der Waals surface area contributed by atoms with Crippen molar-refractivity contribution in [2.45, 2.75) is 12.8 Å². The molecule has 2 heterocycles. The second-order valence-electron chi connectivity index (χ2n) is 5.78. The maximum atomic E-state index is 12.5. The van der Waals surface area contributed by atoms with Crippen LogP contribution < -0.4 is 10.1 Å². The second kappa shape index (κ2) is 6.13. The van der Waals surface area contributed by atoms with Gasteiger partial charge in [-0.15, -0.1) is 0 Å². The van der Waals surface area contributed by atoms with Crippen LogP contribution in [0.2, 0.25) is 5.02 Å². The van der Waals surface area contributed by atoms with Gasteiger partial charge in [0.25, 0.3) is 0 Å². The largest absolute Gasteiger partial charge is 0.493 e. The van der Waals surface area contributed by atoms with Crippen LogP contribution in [0.15, 0.2) is 48.8 Å². The Balaban J connectivity index is 1.59. The fraction of sp³-hybridized carbons (Fsp3) is 0.158. The van der Waals surface area contributed by atoms with Crippen molar-refractivity contribution in [2.75, 3.05) is 11.9 Å². The Bertz CT molecular complexity index is 935. The van der Waals surface area contributed by atoms with Crippen molar-refractivity contribution in [1.82, 2.24) is 4.98 Å². The minimum absolute atomic E-state index is 0.117. The van der Waals surface area contributed by atoms with Gasteiger partial charge in [0.05, 0.1) is 24.9 Å². The van der Waals surface area contributed by atoms with Gasteiger partial charge in [-0.3, -0.25) is 9.78 Å². The van der Waals surface area contributed by atoms with Crippen LogP contribution in [0.4, 0.5) is 5.69 Å². The Morgan fingerprint density at radius 1 is 1.25 bits per heavy atom. The molecule has 1 aliphatic heterocycles. The Morgan fingerprint density at radius 3 is 3.04 bits per heavy atom. The lowest BCUT2D eigenvalue weighted by Gasteiger charge is -2.11. The van der Waals surface area contributed by atoms with Crippen molar-refractivity contribution in [1.29, 1.82) is 0 Å². The van der Waals surface area contributed by atoms with E-state index in [0.717, 1.165) is 34.1 Å². The molecule has 2 aromatic carbocycles. The summed E-state index contributed by atoms with van der Waals surface area (Å²) in [5.41, 5.74) is 2.59. The van der Waals surface area contributed by atoms with Gasteiger partial charge in [0, 0.05) is 34.0 Å². The predicted molar refractivity (Wildman–Crippen MR) is 94.7 cm³/mol. The Morgan fingerprint density at radius 2 is 2.12 bits per heavy atom. The van der Waals surface area contributed by atoms with Crippen molar-refractivity contribution in [3.63, 3.8) is 0 Å². The first kappa shape index (κ1) is 15.0. The lowest BCUT2D eigenvalue weighted by molar-refractivity contribution is -0.115. The number of fused-ring (bicyclic) bond motifs is 2. The highest BCUT2D eigenvalue weighted by Crippen LogP contribution is 2.33. The molecule has 4 rings (SSSR count). The Kier molecular flexibility index (Phi) is 3.82. The molecule has 0 fully saturated rings. The zero-order valence-corrected chi connectivity index (χ0v) is 13.6. The number of aromatic nitrogens is 1. The monoisotopic (exact) mass is 338 g/mol. The molecule has 1 amide bonds. The number of amides is 1. The molecule has 1 aliphatic rings. The first-order valence-corrected chi connectivity index (χ1v) is 8.15. The first-order chi connectivity index (χ1) is 11.7. The summed E-state index contributed by atoms with van der Waals surface area (Å²) in [5, 5.41) is 5.53. The van der Waals surface area contributed by atoms with Gasteiger partial charge < -0.3 is 10.1 Å². The summed E-state index contributed by atoms with van der Waals surface area (Å²) in [6, 6.07) is 11.5. The highest BCUT2D eigenvalue weighted by atomic mass is 35.5. The van der Waals surface area contributed by atoms with Gasteiger partial charge in [-0.1, -0.05) is 35.9 Å². The molecule has 0 spiro atoms. The van der Waals surface area contributed by atoms with Crippen molar-refractivity contribution >= 4 is 34.0 Å². The zero-order valence-electron chi connectivity index (χ0n) is 12.9. The summed E-state index contributed by atoms with van der Waals surface area (Å²) in [6.07, 6.45) is 4.49. The van der Waals surface area contributed by atoms with Crippen LogP contribution in [0.1, 0.15) is 11.1 Å². The Hall–Kier alpha value is -2.59. The molecule has 0 aliphatic carbocycles. The van der Waals surface area contributed by atoms with Crippen LogP contribution in [-0.2, 0) is 17.6 Å². The molecule has 24 heavy (non-hydrogen) atoms. The Labute approximate surface area is 144 Å². The lowest BCUT2D eigenvalue weighted by Crippen LogP contribution is -2.15. The van der Waals surface area contributed by atoms with Gasteiger partial charge in [0.15, 0.2) is 0 Å². The quantitative estimate of drug-likeness (QED) is 0.785. The van der Waals surface area contributed by atoms with Gasteiger partial charge in [-0.2, -0.15) is 0 Å². The van der Waals surface area contributed by atoms with E-state index in [4.69, 9.17) is 16.3 Å². The van der Waals surface area contributed by atoms with Crippen LogP contribution in [0.3, 0.4) is 0 Å². The van der Waals surface area contributed by atoms with Gasteiger partial charge >= 0.3 is 0 Å². The predicted octanol–water partition coefficient (Wildman–Crippen LogP) is 4.00. The average molecular weight is 339 g/mol. The number of anilines is 1. The van der Waals surface area contributed by atoms with E-state index < -0.39 is 0 Å². The molecule has 0 saturated heterocycles. The van der Waals surface area contributed by atoms with Crippen LogP contribution in [0, 0.1) is 0 Å². The van der Waals surface area contributed by atoms with Gasteiger partial charge in [0.2, 0.25) is 5.91 Å². The number of hydrogen-bond donors (Lipinski definition) is 1. The molecule has 1 N–H and O–H groups in total. The van der Waals surface area contributed by atoms with E-state index in [2.05, 4.69) is 10.3 Å². The van der Waals surface area contributed by atoms with Crippen LogP contribution in [0.5, 0.6) is 5.75 Å². The zero-order chi connectivity index (χ0) is 16.5. The molecule has 5 heteroatoms. The summed E-state index contributed by atoms with van der Waals surface area (Å²) >= 11 is 6.15. The summed E-state index contributed by atoms with van der Waals surface area (Å²) in [6.45, 7) is 0.636. The number of nitrogens with zero attached hydrogens (tertiary/aromatic N) is 1. The molecule has 4 nitrogen and oxygen atoms in total. The first-order valence-electron chi connectivity index (χ1n) is 7.77. The molecule has 0 radical (unpaired) electrons. The fourth-order valence-corrected chi connectivity index (χ4v) is 3.32. The molecule has 0 saturated carbocycles. The van der Waals surface area contributed by atoms with Crippen molar-refractivity contribution in [2.24, 2.45) is 0 Å². The number of carbonyl (C=O) groups is 1. The highest BCUT2D eigenvalue weighted by molar-refractivity contribution is 6.30. The van der Waals surface area contributed by atoms with Crippen LogP contribution >= 0.6 is 11.6 Å². The van der Waals surface area contributed by atoms with E-state index in [0.29, 0.717) is 17.3 Å². The summed E-state index contributed by atoms with van der Waals surface area (Å²) < 4.78 is 5.65. The maximum Gasteiger partial charge on any atom is 0.228 e. The minimum Gasteiger partial charge on any atom is -0.493 e. The molecule has 0 unspecified atom stereocenters. The summed E-state index contributed by atoms with van der Waals surface area (Å²) in [5.74, 6) is 0.679. The van der Waals surface area contributed by atoms with Crippen molar-refractivity contribution in [3.8, 4) is 5.75 Å². The number of ether oxygens (including phenoxy) is 1. The number of halogens is 1. The van der Waals surface area contributed by atoms with Gasteiger partial charge in [-0.25, -0.2) is 0 Å². The molecule has 3 aromatic rings. The number of hydrogen-bond acceptors (Lipinski definition) is 3. The molecule has 0 bridgehead atoms. The number of carbonyl (C=O) groups excluding carboxylic acids is 1. The number of nitrogens with one attached hydrogen (secondary N) is 1. The molecule has 1 aromatic heterocycles. The van der Waals surface area contributed by atoms with Crippen molar-refractivity contribution in [3.05, 3.63) is 64.9 Å². The number of pyridine rings is 1. The molecular weight excluding hydrogens is 324 g/mol. The van der Waals surface area contributed by atoms with E-state index >= 15 is 0 Å². The number of benzene rings is 2. The van der Waals surface area contributed by atoms with Crippen LogP contribution in [0.25, 0.3) is 10.8 Å². The standard InChI is InChI=1S/C19H15ClN2O2/c20-15-7-12-5-6-24-19(12)14(8-15)9-18(23)22-17-11-21-10-13-3-1-2-4-16(13)17/h1-4,7-8,10-11H,5-6,9H2,(H,22,23). The van der Waals surface area contributed by atoms with E-state index in [1.165, 1.54) is 0 Å². The third-order valence-electron chi connectivity index (χ3n) is 4.12. The summed E-state index contributed by atoms with van der Waals surface area (Å²) in [7, 11) is 0. The fourth-order valence-electron chi connectivity index (χ4n) is 3.06. The van der Waals surface area contributed by atoms with E-state index in [1.54, 1.807) is 18.5 Å². The summed E-state index contributed by atoms with van der Waals surface area (Å²) in [4.78, 5) is 16.7. The smallest absolute Gasteiger partial charge is 0.228 e. The van der Waals surface area contributed by atoms with Crippen LogP contribution in [-0.4, -0.2) is 17.5 Å². The van der Waals surface area contributed by atoms with Crippen molar-refractivity contribution < 1.29 is 9.53 Å². The number of rotatable bonds is 3. The molecular formula is C19H15ClN2O2. The van der Waals surface area contributed by atoms with E-state index in [-0.39, 0.29) is 12.3 Å². The van der Waals surface area contributed by atoms with Gasteiger partial charge in [0.1, 0.15) is 5.75 Å². The molecule has 120 valence electrons. The third-order valence-corrected chi connectivity index (χ3v) is 4.34. The highest BCUT2D eigenvalue weighted by Gasteiger charge is 2.19. The normalized spacial score (nSPS) is 12.7. The topological polar surface area (TPSA) is 51.2 Å². The maximum absolute atomic E-state index is 12.5. The lowest BCUT2D eigenvalue weighted by atomic mass is 10.0. The third kappa shape index (κ3) is 2.81. The van der Waals surface area contributed by atoms with E-state index in [1.807, 2.05) is 30.3 Å². The SMILES string of the molecule is O=C(Cc1cc(Cl)cc2c1OCC2)Nc1cncc2ccccc12. The molecule has 0 atom stereocenters. The second-order valence-corrected chi connectivity index (χ2v) is 6.22. The van der Waals surface area contributed by atoms with Gasteiger partial charge in [-0.05, 0) is 17.7 Å².